The minimum Gasteiger partial charge on any atom is -0.367 e. The van der Waals surface area contributed by atoms with Crippen LogP contribution >= 0.6 is 23.2 Å². The maximum atomic E-state index is 12.4. The Hall–Kier alpha value is -1.71. The van der Waals surface area contributed by atoms with Crippen LogP contribution in [-0.4, -0.2) is 37.0 Å². The number of halogens is 2. The second-order valence-electron chi connectivity index (χ2n) is 5.95. The molecule has 2 aromatic carbocycles. The number of benzene rings is 2. The number of anilines is 1. The van der Waals surface area contributed by atoms with Crippen molar-refractivity contribution in [1.82, 2.24) is 4.90 Å². The van der Waals surface area contributed by atoms with Gasteiger partial charge < -0.3 is 9.80 Å². The molecule has 0 radical (unpaired) electrons. The molecule has 2 aromatic rings. The van der Waals surface area contributed by atoms with Gasteiger partial charge in [-0.25, -0.2) is 0 Å². The maximum absolute atomic E-state index is 12.4. The highest BCUT2D eigenvalue weighted by Crippen LogP contribution is 2.29. The van der Waals surface area contributed by atoms with Gasteiger partial charge in [-0.15, -0.1) is 0 Å². The number of carbonyl (C=O) groups excluding carboxylic acids is 1. The highest BCUT2D eigenvalue weighted by atomic mass is 35.5. The standard InChI is InChI=1S/C19H20Cl2N2O/c20-16-7-8-17(21)18(14-16)22-10-12-23(13-11-22)19(24)9-6-15-4-2-1-3-5-15/h1-5,7-8,14H,6,9-13H2. The number of amides is 1. The van der Waals surface area contributed by atoms with Gasteiger partial charge in [-0.3, -0.25) is 4.79 Å². The zero-order chi connectivity index (χ0) is 16.9. The van der Waals surface area contributed by atoms with Crippen LogP contribution in [0.5, 0.6) is 0 Å². The van der Waals surface area contributed by atoms with Crippen LogP contribution in [0.25, 0.3) is 0 Å². The van der Waals surface area contributed by atoms with Crippen molar-refractivity contribution in [3.63, 3.8) is 0 Å². The molecular formula is C19H20Cl2N2O. The highest BCUT2D eigenvalue weighted by Gasteiger charge is 2.22. The summed E-state index contributed by atoms with van der Waals surface area (Å²) in [5.41, 5.74) is 2.15. The smallest absolute Gasteiger partial charge is 0.223 e. The summed E-state index contributed by atoms with van der Waals surface area (Å²) in [5.74, 6) is 0.218. The van der Waals surface area contributed by atoms with E-state index in [2.05, 4.69) is 17.0 Å². The van der Waals surface area contributed by atoms with E-state index in [1.807, 2.05) is 35.2 Å². The van der Waals surface area contributed by atoms with Gasteiger partial charge in [-0.2, -0.15) is 0 Å². The minimum atomic E-state index is 0.218. The zero-order valence-corrected chi connectivity index (χ0v) is 14.9. The number of hydrogen-bond donors (Lipinski definition) is 0. The van der Waals surface area contributed by atoms with Crippen LogP contribution in [0.1, 0.15) is 12.0 Å². The lowest BCUT2D eigenvalue weighted by molar-refractivity contribution is -0.131. The van der Waals surface area contributed by atoms with E-state index < -0.39 is 0 Å². The van der Waals surface area contributed by atoms with Gasteiger partial charge in [0.1, 0.15) is 0 Å². The van der Waals surface area contributed by atoms with Gasteiger partial charge in [-0.1, -0.05) is 53.5 Å². The van der Waals surface area contributed by atoms with E-state index >= 15 is 0 Å². The lowest BCUT2D eigenvalue weighted by atomic mass is 10.1. The molecule has 0 N–H and O–H groups in total. The van der Waals surface area contributed by atoms with Gasteiger partial charge in [0.2, 0.25) is 5.91 Å². The first-order chi connectivity index (χ1) is 11.6. The van der Waals surface area contributed by atoms with Crippen molar-refractivity contribution in [3.05, 3.63) is 64.1 Å². The molecule has 3 nitrogen and oxygen atoms in total. The Morgan fingerprint density at radius 2 is 1.67 bits per heavy atom. The summed E-state index contributed by atoms with van der Waals surface area (Å²) in [6.45, 7) is 2.99. The van der Waals surface area contributed by atoms with E-state index in [-0.39, 0.29) is 5.91 Å². The third-order valence-electron chi connectivity index (χ3n) is 4.35. The first-order valence-corrected chi connectivity index (χ1v) is 8.91. The van der Waals surface area contributed by atoms with Gasteiger partial charge in [0.25, 0.3) is 0 Å². The SMILES string of the molecule is O=C(CCc1ccccc1)N1CCN(c2cc(Cl)ccc2Cl)CC1. The molecule has 3 rings (SSSR count). The molecule has 0 atom stereocenters. The van der Waals surface area contributed by atoms with Crippen molar-refractivity contribution < 1.29 is 4.79 Å². The molecule has 24 heavy (non-hydrogen) atoms. The fourth-order valence-corrected chi connectivity index (χ4v) is 3.38. The first kappa shape index (κ1) is 17.1. The minimum absolute atomic E-state index is 0.218. The van der Waals surface area contributed by atoms with Gasteiger partial charge in [-0.05, 0) is 30.2 Å². The number of nitrogens with zero attached hydrogens (tertiary/aromatic N) is 2. The Labute approximate surface area is 152 Å². The predicted octanol–water partition coefficient (Wildman–Crippen LogP) is 4.27. The van der Waals surface area contributed by atoms with Crippen molar-refractivity contribution in [2.24, 2.45) is 0 Å². The number of carbonyl (C=O) groups is 1. The van der Waals surface area contributed by atoms with Crippen LogP contribution < -0.4 is 4.90 Å². The first-order valence-electron chi connectivity index (χ1n) is 8.15. The Balaban J connectivity index is 1.53. The molecule has 126 valence electrons. The second kappa shape index (κ2) is 7.91. The molecular weight excluding hydrogens is 343 g/mol. The van der Waals surface area contributed by atoms with Crippen molar-refractivity contribution >= 4 is 34.8 Å². The largest absolute Gasteiger partial charge is 0.367 e. The molecule has 1 amide bonds. The summed E-state index contributed by atoms with van der Waals surface area (Å²) in [6.07, 6.45) is 1.35. The summed E-state index contributed by atoms with van der Waals surface area (Å²) >= 11 is 12.3. The molecule has 1 aliphatic rings. The van der Waals surface area contributed by atoms with Crippen molar-refractivity contribution in [3.8, 4) is 0 Å². The lowest BCUT2D eigenvalue weighted by Crippen LogP contribution is -2.49. The van der Waals surface area contributed by atoms with Crippen molar-refractivity contribution in [1.29, 1.82) is 0 Å². The van der Waals surface area contributed by atoms with Gasteiger partial charge in [0.05, 0.1) is 10.7 Å². The molecule has 0 bridgehead atoms. The quantitative estimate of drug-likeness (QED) is 0.810. The lowest BCUT2D eigenvalue weighted by Gasteiger charge is -2.36. The third kappa shape index (κ3) is 4.22. The number of aryl methyl sites for hydroxylation is 1. The molecule has 0 saturated carbocycles. The second-order valence-corrected chi connectivity index (χ2v) is 6.79. The Morgan fingerprint density at radius 1 is 0.958 bits per heavy atom. The van der Waals surface area contributed by atoms with Gasteiger partial charge >= 0.3 is 0 Å². The molecule has 1 fully saturated rings. The highest BCUT2D eigenvalue weighted by molar-refractivity contribution is 6.35. The number of piperazine rings is 1. The van der Waals surface area contributed by atoms with Crippen LogP contribution in [0.3, 0.4) is 0 Å². The monoisotopic (exact) mass is 362 g/mol. The average Bonchev–Trinajstić information content (AvgIpc) is 2.63. The predicted molar refractivity (Wildman–Crippen MR) is 100 cm³/mol. The van der Waals surface area contributed by atoms with E-state index in [1.54, 1.807) is 6.07 Å². The van der Waals surface area contributed by atoms with E-state index in [1.165, 1.54) is 5.56 Å². The summed E-state index contributed by atoms with van der Waals surface area (Å²) in [5, 5.41) is 1.37. The summed E-state index contributed by atoms with van der Waals surface area (Å²) in [6, 6.07) is 15.6. The van der Waals surface area contributed by atoms with Crippen LogP contribution in [0.2, 0.25) is 10.0 Å². The number of hydrogen-bond acceptors (Lipinski definition) is 2. The molecule has 1 heterocycles. The van der Waals surface area contributed by atoms with E-state index in [9.17, 15) is 4.79 Å². The van der Waals surface area contributed by atoms with E-state index in [0.29, 0.717) is 16.5 Å². The Kier molecular flexibility index (Phi) is 5.64. The average molecular weight is 363 g/mol. The normalized spacial score (nSPS) is 14.8. The van der Waals surface area contributed by atoms with Crippen LogP contribution in [0.15, 0.2) is 48.5 Å². The maximum Gasteiger partial charge on any atom is 0.223 e. The van der Waals surface area contributed by atoms with Crippen LogP contribution in [0.4, 0.5) is 5.69 Å². The zero-order valence-electron chi connectivity index (χ0n) is 13.4. The van der Waals surface area contributed by atoms with Gasteiger partial charge in [0.15, 0.2) is 0 Å². The fraction of sp³-hybridized carbons (Fsp3) is 0.316. The molecule has 1 saturated heterocycles. The fourth-order valence-electron chi connectivity index (χ4n) is 2.98. The molecule has 1 aliphatic heterocycles. The topological polar surface area (TPSA) is 23.6 Å². The van der Waals surface area contributed by atoms with E-state index in [4.69, 9.17) is 23.2 Å². The molecule has 5 heteroatoms. The summed E-state index contributed by atoms with van der Waals surface area (Å²) in [4.78, 5) is 16.5. The van der Waals surface area contributed by atoms with Crippen LogP contribution in [-0.2, 0) is 11.2 Å². The van der Waals surface area contributed by atoms with Crippen molar-refractivity contribution in [2.75, 3.05) is 31.1 Å². The third-order valence-corrected chi connectivity index (χ3v) is 4.91. The molecule has 0 aliphatic carbocycles. The summed E-state index contributed by atoms with van der Waals surface area (Å²) in [7, 11) is 0. The molecule has 0 unspecified atom stereocenters. The Morgan fingerprint density at radius 3 is 2.38 bits per heavy atom. The number of rotatable bonds is 4. The molecule has 0 aromatic heterocycles. The Bertz CT molecular complexity index is 698. The van der Waals surface area contributed by atoms with Crippen LogP contribution in [0, 0.1) is 0 Å². The van der Waals surface area contributed by atoms with Crippen molar-refractivity contribution in [2.45, 2.75) is 12.8 Å². The van der Waals surface area contributed by atoms with Gasteiger partial charge in [0, 0.05) is 37.6 Å². The summed E-state index contributed by atoms with van der Waals surface area (Å²) < 4.78 is 0. The molecule has 0 spiro atoms. The van der Waals surface area contributed by atoms with E-state index in [0.717, 1.165) is 38.3 Å².